The Kier molecular flexibility index (Phi) is 3.11. The minimum absolute atomic E-state index is 0.00199. The molecule has 1 aliphatic heterocycles. The molecule has 0 amide bonds. The molecule has 0 aromatic rings. The first-order chi connectivity index (χ1) is 5.96. The summed E-state index contributed by atoms with van der Waals surface area (Å²) in [5.41, 5.74) is 2.04. The maximum absolute atomic E-state index is 8.94. The van der Waals surface area contributed by atoms with Crippen LogP contribution in [-0.2, 0) is 9.47 Å². The van der Waals surface area contributed by atoms with Crippen molar-refractivity contribution >= 4 is 0 Å². The number of rotatable bonds is 2. The van der Waals surface area contributed by atoms with Crippen LogP contribution < -0.4 is 0 Å². The van der Waals surface area contributed by atoms with E-state index in [1.54, 1.807) is 0 Å². The first-order valence-electron chi connectivity index (χ1n) is 4.55. The van der Waals surface area contributed by atoms with E-state index in [1.165, 1.54) is 0 Å². The molecule has 13 heavy (non-hydrogen) atoms. The number of aliphatic hydroxyl groups is 1. The third-order valence-corrected chi connectivity index (χ3v) is 2.40. The zero-order valence-corrected chi connectivity index (χ0v) is 8.76. The summed E-state index contributed by atoms with van der Waals surface area (Å²) < 4.78 is 11.1. The minimum atomic E-state index is -0.484. The third kappa shape index (κ3) is 2.53. The van der Waals surface area contributed by atoms with Gasteiger partial charge in [0, 0.05) is 0 Å². The van der Waals surface area contributed by atoms with Gasteiger partial charge >= 0.3 is 0 Å². The lowest BCUT2D eigenvalue weighted by Gasteiger charge is -2.18. The van der Waals surface area contributed by atoms with Crippen molar-refractivity contribution in [3.8, 4) is 0 Å². The molecule has 0 bridgehead atoms. The average Bonchev–Trinajstić information content (AvgIpc) is 2.43. The van der Waals surface area contributed by atoms with Gasteiger partial charge in [-0.25, -0.2) is 0 Å². The summed E-state index contributed by atoms with van der Waals surface area (Å²) in [6, 6.07) is 0. The lowest BCUT2D eigenvalue weighted by molar-refractivity contribution is -0.134. The molecule has 76 valence electrons. The van der Waals surface area contributed by atoms with Gasteiger partial charge in [0.05, 0.1) is 13.2 Å². The molecule has 0 unspecified atom stereocenters. The topological polar surface area (TPSA) is 38.7 Å². The second-order valence-electron chi connectivity index (χ2n) is 3.94. The Morgan fingerprint density at radius 2 is 2.08 bits per heavy atom. The largest absolute Gasteiger partial charge is 0.392 e. The molecule has 1 atom stereocenters. The maximum Gasteiger partial charge on any atom is 0.163 e. The van der Waals surface area contributed by atoms with Crippen LogP contribution in [0.25, 0.3) is 0 Å². The molecule has 0 aromatic heterocycles. The fraction of sp³-hybridized carbons (Fsp3) is 0.800. The fourth-order valence-electron chi connectivity index (χ4n) is 1.30. The van der Waals surface area contributed by atoms with Crippen LogP contribution >= 0.6 is 0 Å². The minimum Gasteiger partial charge on any atom is -0.392 e. The van der Waals surface area contributed by atoms with Gasteiger partial charge in [-0.15, -0.1) is 0 Å². The van der Waals surface area contributed by atoms with Crippen LogP contribution in [-0.4, -0.2) is 30.2 Å². The van der Waals surface area contributed by atoms with Crippen LogP contribution in [0, 0.1) is 0 Å². The molecule has 1 N–H and O–H groups in total. The quantitative estimate of drug-likeness (QED) is 0.664. The van der Waals surface area contributed by atoms with Gasteiger partial charge in [-0.1, -0.05) is 0 Å². The average molecular weight is 186 g/mol. The molecule has 0 aromatic carbocycles. The lowest BCUT2D eigenvalue weighted by atomic mass is 10.1. The Bertz CT molecular complexity index is 218. The fourth-order valence-corrected chi connectivity index (χ4v) is 1.30. The zero-order valence-electron chi connectivity index (χ0n) is 8.76. The first kappa shape index (κ1) is 10.7. The van der Waals surface area contributed by atoms with E-state index in [-0.39, 0.29) is 12.7 Å². The number of hydrogen-bond acceptors (Lipinski definition) is 3. The van der Waals surface area contributed by atoms with Crippen molar-refractivity contribution in [2.45, 2.75) is 39.6 Å². The Morgan fingerprint density at radius 1 is 1.46 bits per heavy atom. The molecule has 0 saturated carbocycles. The van der Waals surface area contributed by atoms with Crippen LogP contribution in [0.15, 0.2) is 11.1 Å². The van der Waals surface area contributed by atoms with Crippen molar-refractivity contribution in [3.05, 3.63) is 11.1 Å². The van der Waals surface area contributed by atoms with Crippen LogP contribution in [0.2, 0.25) is 0 Å². The highest BCUT2D eigenvalue weighted by molar-refractivity contribution is 5.15. The molecule has 3 heteroatoms. The van der Waals surface area contributed by atoms with Crippen molar-refractivity contribution in [2.75, 3.05) is 13.2 Å². The predicted molar refractivity (Wildman–Crippen MR) is 50.4 cm³/mol. The van der Waals surface area contributed by atoms with Crippen molar-refractivity contribution in [2.24, 2.45) is 0 Å². The van der Waals surface area contributed by atoms with Crippen molar-refractivity contribution < 1.29 is 14.6 Å². The molecule has 1 rings (SSSR count). The van der Waals surface area contributed by atoms with Crippen molar-refractivity contribution in [1.29, 1.82) is 0 Å². The first-order valence-corrected chi connectivity index (χ1v) is 4.55. The molecule has 0 radical (unpaired) electrons. The Hall–Kier alpha value is -0.380. The van der Waals surface area contributed by atoms with E-state index in [4.69, 9.17) is 14.6 Å². The molecule has 1 aliphatic rings. The molecule has 0 spiro atoms. The lowest BCUT2D eigenvalue weighted by Crippen LogP contribution is -2.22. The highest BCUT2D eigenvalue weighted by Crippen LogP contribution is 2.27. The number of hydrogen-bond donors (Lipinski definition) is 1. The normalized spacial score (nSPS) is 28.8. The molecule has 1 fully saturated rings. The maximum atomic E-state index is 8.94. The van der Waals surface area contributed by atoms with Crippen molar-refractivity contribution in [3.63, 3.8) is 0 Å². The molecule has 3 nitrogen and oxygen atoms in total. The van der Waals surface area contributed by atoms with E-state index in [9.17, 15) is 0 Å². The summed E-state index contributed by atoms with van der Waals surface area (Å²) >= 11 is 0. The van der Waals surface area contributed by atoms with E-state index in [0.717, 1.165) is 11.1 Å². The molecular weight excluding hydrogens is 168 g/mol. The summed E-state index contributed by atoms with van der Waals surface area (Å²) in [4.78, 5) is 0. The van der Waals surface area contributed by atoms with Gasteiger partial charge in [-0.3, -0.25) is 0 Å². The summed E-state index contributed by atoms with van der Waals surface area (Å²) in [6.07, 6.45) is 0.00199. The molecular formula is C10H18O3. The summed E-state index contributed by atoms with van der Waals surface area (Å²) in [7, 11) is 0. The van der Waals surface area contributed by atoms with Gasteiger partial charge < -0.3 is 14.6 Å². The van der Waals surface area contributed by atoms with Crippen molar-refractivity contribution in [1.82, 2.24) is 0 Å². The third-order valence-electron chi connectivity index (χ3n) is 2.40. The van der Waals surface area contributed by atoms with Crippen LogP contribution in [0.5, 0.6) is 0 Å². The Balaban J connectivity index is 2.66. The second kappa shape index (κ2) is 3.78. The van der Waals surface area contributed by atoms with E-state index in [0.29, 0.717) is 6.61 Å². The smallest absolute Gasteiger partial charge is 0.163 e. The Morgan fingerprint density at radius 3 is 2.46 bits per heavy atom. The van der Waals surface area contributed by atoms with Gasteiger partial charge in [0.2, 0.25) is 0 Å². The predicted octanol–water partition coefficient (Wildman–Crippen LogP) is 1.47. The SMILES string of the molecule is C/C(CO)=C(/C)[C@@H]1COC(C)(C)O1. The number of ether oxygens (including phenoxy) is 2. The Labute approximate surface area is 79.3 Å². The van der Waals surface area contributed by atoms with Crippen LogP contribution in [0.3, 0.4) is 0 Å². The van der Waals surface area contributed by atoms with Crippen LogP contribution in [0.1, 0.15) is 27.7 Å². The van der Waals surface area contributed by atoms with Gasteiger partial charge in [-0.2, -0.15) is 0 Å². The summed E-state index contributed by atoms with van der Waals surface area (Å²) in [5.74, 6) is -0.484. The van der Waals surface area contributed by atoms with E-state index in [1.807, 2.05) is 27.7 Å². The highest BCUT2D eigenvalue weighted by Gasteiger charge is 2.33. The van der Waals surface area contributed by atoms with E-state index < -0.39 is 5.79 Å². The number of aliphatic hydroxyl groups excluding tert-OH is 1. The molecule has 0 aliphatic carbocycles. The monoisotopic (exact) mass is 186 g/mol. The summed E-state index contributed by atoms with van der Waals surface area (Å²) in [5, 5.41) is 8.94. The standard InChI is InChI=1S/C10H18O3/c1-7(5-11)8(2)9-6-12-10(3,4)13-9/h9,11H,5-6H2,1-4H3/b8-7+/t9-/m0/s1. The van der Waals surface area contributed by atoms with Gasteiger partial charge in [0.1, 0.15) is 6.10 Å². The van der Waals surface area contributed by atoms with Crippen LogP contribution in [0.4, 0.5) is 0 Å². The van der Waals surface area contributed by atoms with E-state index in [2.05, 4.69) is 0 Å². The second-order valence-corrected chi connectivity index (χ2v) is 3.94. The molecule has 1 heterocycles. The highest BCUT2D eigenvalue weighted by atomic mass is 16.7. The zero-order chi connectivity index (χ0) is 10.1. The van der Waals surface area contributed by atoms with Gasteiger partial charge in [0.15, 0.2) is 5.79 Å². The van der Waals surface area contributed by atoms with E-state index >= 15 is 0 Å². The van der Waals surface area contributed by atoms with Gasteiger partial charge in [0.25, 0.3) is 0 Å². The summed E-state index contributed by atoms with van der Waals surface area (Å²) in [6.45, 7) is 8.34. The molecule has 1 saturated heterocycles. The van der Waals surface area contributed by atoms with Gasteiger partial charge in [-0.05, 0) is 38.8 Å².